The van der Waals surface area contributed by atoms with Gasteiger partial charge in [-0.2, -0.15) is 0 Å². The summed E-state index contributed by atoms with van der Waals surface area (Å²) in [5.74, 6) is -1.97. The molecule has 0 aromatic rings. The summed E-state index contributed by atoms with van der Waals surface area (Å²) in [6, 6.07) is 0. The number of carbonyl (C=O) groups excluding carboxylic acids is 2. The van der Waals surface area contributed by atoms with Crippen molar-refractivity contribution in [2.45, 2.75) is 19.3 Å². The van der Waals surface area contributed by atoms with Gasteiger partial charge in [-0.3, -0.25) is 9.59 Å². The van der Waals surface area contributed by atoms with Crippen LogP contribution in [0.3, 0.4) is 0 Å². The van der Waals surface area contributed by atoms with E-state index in [4.69, 9.17) is 4.74 Å². The molecule has 1 rings (SSSR count). The fourth-order valence-corrected chi connectivity index (χ4v) is 1.70. The molecule has 0 aromatic carbocycles. The fraction of sp³-hybridized carbons (Fsp3) is 0.667. The van der Waals surface area contributed by atoms with Crippen molar-refractivity contribution >= 4 is 11.9 Å². The van der Waals surface area contributed by atoms with Crippen LogP contribution in [0.25, 0.3) is 0 Å². The van der Waals surface area contributed by atoms with Crippen molar-refractivity contribution in [1.29, 1.82) is 0 Å². The number of esters is 2. The highest BCUT2D eigenvalue weighted by Crippen LogP contribution is 2.17. The molecule has 1 heterocycles. The third kappa shape index (κ3) is 4.19. The van der Waals surface area contributed by atoms with Crippen molar-refractivity contribution in [3.8, 4) is 0 Å². The lowest BCUT2D eigenvalue weighted by Gasteiger charge is -2.16. The minimum atomic E-state index is -0.861. The lowest BCUT2D eigenvalue weighted by atomic mass is 10.0. The first-order chi connectivity index (χ1) is 8.19. The van der Waals surface area contributed by atoms with Crippen LogP contribution in [0.1, 0.15) is 19.3 Å². The summed E-state index contributed by atoms with van der Waals surface area (Å²) in [6.07, 6.45) is 3.96. The largest absolute Gasteiger partial charge is 0.468 e. The second kappa shape index (κ2) is 7.06. The molecular weight excluding hydrogens is 224 g/mol. The van der Waals surface area contributed by atoms with E-state index in [1.807, 2.05) is 6.08 Å². The van der Waals surface area contributed by atoms with Gasteiger partial charge in [-0.15, -0.1) is 0 Å². The van der Waals surface area contributed by atoms with Crippen LogP contribution >= 0.6 is 0 Å². The smallest absolute Gasteiger partial charge is 0.320 e. The maximum atomic E-state index is 11.4. The Kier molecular flexibility index (Phi) is 5.69. The Bertz CT molecular complexity index is 284. The minimum Gasteiger partial charge on any atom is -0.468 e. The average molecular weight is 242 g/mol. The molecule has 0 atom stereocenters. The summed E-state index contributed by atoms with van der Waals surface area (Å²) >= 11 is 0. The zero-order chi connectivity index (χ0) is 12.7. The molecular formula is C12H18O5. The van der Waals surface area contributed by atoms with Gasteiger partial charge in [0.25, 0.3) is 0 Å². The normalized spacial score (nSPS) is 15.6. The first kappa shape index (κ1) is 13.7. The molecule has 0 saturated carbocycles. The predicted octanol–water partition coefficient (Wildman–Crippen LogP) is 1.08. The third-order valence-corrected chi connectivity index (χ3v) is 2.75. The molecule has 1 saturated heterocycles. The van der Waals surface area contributed by atoms with Crippen LogP contribution < -0.4 is 0 Å². The molecule has 1 aliphatic heterocycles. The van der Waals surface area contributed by atoms with Gasteiger partial charge in [0.15, 0.2) is 5.92 Å². The summed E-state index contributed by atoms with van der Waals surface area (Å²) < 4.78 is 14.4. The Hall–Kier alpha value is -1.36. The lowest BCUT2D eigenvalue weighted by molar-refractivity contribution is -0.158. The van der Waals surface area contributed by atoms with Crippen LogP contribution in [0.15, 0.2) is 11.6 Å². The zero-order valence-corrected chi connectivity index (χ0v) is 10.2. The van der Waals surface area contributed by atoms with Crippen molar-refractivity contribution in [2.75, 3.05) is 27.4 Å². The van der Waals surface area contributed by atoms with Gasteiger partial charge in [-0.1, -0.05) is 11.6 Å². The molecule has 1 fully saturated rings. The number of carbonyl (C=O) groups is 2. The number of ether oxygens (including phenoxy) is 3. The summed E-state index contributed by atoms with van der Waals surface area (Å²) in [6.45, 7) is 1.40. The standard InChI is InChI=1S/C12H18O5/c1-15-11(13)10(12(14)16-2)4-3-9-5-7-17-8-6-9/h3,10H,4-8H2,1-2H3. The molecule has 5 nitrogen and oxygen atoms in total. The Morgan fingerprint density at radius 1 is 1.24 bits per heavy atom. The maximum absolute atomic E-state index is 11.4. The number of hydrogen-bond acceptors (Lipinski definition) is 5. The Labute approximate surface area is 101 Å². The van der Waals surface area contributed by atoms with Gasteiger partial charge in [0.2, 0.25) is 0 Å². The van der Waals surface area contributed by atoms with Crippen LogP contribution in [0.2, 0.25) is 0 Å². The van der Waals surface area contributed by atoms with Gasteiger partial charge in [-0.25, -0.2) is 0 Å². The van der Waals surface area contributed by atoms with Crippen LogP contribution in [0.5, 0.6) is 0 Å². The average Bonchev–Trinajstić information content (AvgIpc) is 2.39. The van der Waals surface area contributed by atoms with Crippen molar-refractivity contribution in [3.05, 3.63) is 11.6 Å². The molecule has 17 heavy (non-hydrogen) atoms. The van der Waals surface area contributed by atoms with E-state index >= 15 is 0 Å². The molecule has 0 radical (unpaired) electrons. The first-order valence-electron chi connectivity index (χ1n) is 5.60. The summed E-state index contributed by atoms with van der Waals surface area (Å²) in [5.41, 5.74) is 1.22. The summed E-state index contributed by atoms with van der Waals surface area (Å²) in [5, 5.41) is 0. The first-order valence-corrected chi connectivity index (χ1v) is 5.60. The maximum Gasteiger partial charge on any atom is 0.320 e. The molecule has 0 aliphatic carbocycles. The SMILES string of the molecule is COC(=O)C(CC=C1CCOCC1)C(=O)OC. The van der Waals surface area contributed by atoms with E-state index < -0.39 is 17.9 Å². The molecule has 5 heteroatoms. The molecule has 0 unspecified atom stereocenters. The number of allylic oxidation sites excluding steroid dienone is 1. The van der Waals surface area contributed by atoms with Crippen molar-refractivity contribution in [2.24, 2.45) is 5.92 Å². The van der Waals surface area contributed by atoms with E-state index in [0.717, 1.165) is 12.8 Å². The van der Waals surface area contributed by atoms with E-state index in [1.54, 1.807) is 0 Å². The molecule has 1 aliphatic rings. The molecule has 0 aromatic heterocycles. The quantitative estimate of drug-likeness (QED) is 0.419. The highest BCUT2D eigenvalue weighted by Gasteiger charge is 2.27. The molecule has 0 amide bonds. The van der Waals surface area contributed by atoms with Gasteiger partial charge >= 0.3 is 11.9 Å². The second-order valence-electron chi connectivity index (χ2n) is 3.81. The second-order valence-corrected chi connectivity index (χ2v) is 3.81. The minimum absolute atomic E-state index is 0.328. The monoisotopic (exact) mass is 242 g/mol. The van der Waals surface area contributed by atoms with E-state index in [1.165, 1.54) is 19.8 Å². The van der Waals surface area contributed by atoms with Gasteiger partial charge < -0.3 is 14.2 Å². The molecule has 96 valence electrons. The topological polar surface area (TPSA) is 61.8 Å². The van der Waals surface area contributed by atoms with Crippen LogP contribution in [-0.2, 0) is 23.8 Å². The number of hydrogen-bond donors (Lipinski definition) is 0. The van der Waals surface area contributed by atoms with Crippen molar-refractivity contribution in [3.63, 3.8) is 0 Å². The van der Waals surface area contributed by atoms with Crippen LogP contribution in [-0.4, -0.2) is 39.4 Å². The van der Waals surface area contributed by atoms with E-state index in [2.05, 4.69) is 9.47 Å². The molecule has 0 N–H and O–H groups in total. The fourth-order valence-electron chi connectivity index (χ4n) is 1.70. The Morgan fingerprint density at radius 2 is 1.76 bits per heavy atom. The highest BCUT2D eigenvalue weighted by atomic mass is 16.5. The summed E-state index contributed by atoms with van der Waals surface area (Å²) in [4.78, 5) is 22.8. The number of methoxy groups -OCH3 is 2. The van der Waals surface area contributed by atoms with E-state index in [0.29, 0.717) is 19.6 Å². The van der Waals surface area contributed by atoms with Crippen molar-refractivity contribution in [1.82, 2.24) is 0 Å². The number of rotatable bonds is 4. The lowest BCUT2D eigenvalue weighted by Crippen LogP contribution is -2.26. The van der Waals surface area contributed by atoms with Gasteiger partial charge in [-0.05, 0) is 19.3 Å². The van der Waals surface area contributed by atoms with Crippen molar-refractivity contribution < 1.29 is 23.8 Å². The predicted molar refractivity (Wildman–Crippen MR) is 60.3 cm³/mol. The molecule has 0 spiro atoms. The Morgan fingerprint density at radius 3 is 2.24 bits per heavy atom. The molecule has 0 bridgehead atoms. The zero-order valence-electron chi connectivity index (χ0n) is 10.2. The third-order valence-electron chi connectivity index (χ3n) is 2.75. The van der Waals surface area contributed by atoms with E-state index in [-0.39, 0.29) is 0 Å². The van der Waals surface area contributed by atoms with Crippen LogP contribution in [0.4, 0.5) is 0 Å². The van der Waals surface area contributed by atoms with Gasteiger partial charge in [0, 0.05) is 0 Å². The van der Waals surface area contributed by atoms with Crippen LogP contribution in [0, 0.1) is 5.92 Å². The van der Waals surface area contributed by atoms with E-state index in [9.17, 15) is 9.59 Å². The highest BCUT2D eigenvalue weighted by molar-refractivity contribution is 5.94. The van der Waals surface area contributed by atoms with Gasteiger partial charge in [0.05, 0.1) is 27.4 Å². The summed E-state index contributed by atoms with van der Waals surface area (Å²) in [7, 11) is 2.53. The Balaban J connectivity index is 2.59. The van der Waals surface area contributed by atoms with Gasteiger partial charge in [0.1, 0.15) is 0 Å².